The average Bonchev–Trinajstić information content (AvgIpc) is 1.50. The van der Waals surface area contributed by atoms with E-state index in [0.29, 0.717) is 42.3 Å². The van der Waals surface area contributed by atoms with Crippen LogP contribution in [0, 0.1) is 0 Å². The molecule has 0 unspecified atom stereocenters. The maximum absolute atomic E-state index is 8.34. The Morgan fingerprint density at radius 2 is 1.20 bits per heavy atom. The van der Waals surface area contributed by atoms with Crippen molar-refractivity contribution in [1.29, 1.82) is 0 Å². The van der Waals surface area contributed by atoms with Crippen LogP contribution in [-0.4, -0.2) is 22.5 Å². The first-order valence-corrected chi connectivity index (χ1v) is 2.73. The molecule has 0 bridgehead atoms. The summed E-state index contributed by atoms with van der Waals surface area (Å²) >= 11 is 0.633. The SMILES string of the molecule is [Ni].[O]=[Sn].[O]=[W]. The van der Waals surface area contributed by atoms with Crippen molar-refractivity contribution >= 4 is 22.5 Å². The van der Waals surface area contributed by atoms with Gasteiger partial charge in [0.15, 0.2) is 0 Å². The molecule has 0 aromatic rings. The molecule has 0 saturated carbocycles. The molecule has 0 aliphatic rings. The maximum atomic E-state index is 8.34. The molecule has 0 atom stereocenters. The average molecular weight is 393 g/mol. The summed E-state index contributed by atoms with van der Waals surface area (Å²) in [6.07, 6.45) is 0. The minimum absolute atomic E-state index is 0. The second kappa shape index (κ2) is 46.9. The monoisotopic (exact) mass is 394 g/mol. The van der Waals surface area contributed by atoms with Crippen molar-refractivity contribution < 1.29 is 42.7 Å². The molecule has 5 heavy (non-hydrogen) atoms. The van der Waals surface area contributed by atoms with Gasteiger partial charge in [0.2, 0.25) is 0 Å². The molecule has 0 heterocycles. The Bertz CT molecular complexity index is 11.6. The molecule has 0 aliphatic carbocycles. The van der Waals surface area contributed by atoms with Crippen LogP contribution >= 0.6 is 0 Å². The molecule has 2 radical (unpaired) electrons. The predicted molar refractivity (Wildman–Crippen MR) is 7.13 cm³/mol. The van der Waals surface area contributed by atoms with E-state index in [1.165, 1.54) is 0 Å². The summed E-state index contributed by atoms with van der Waals surface area (Å²) in [5.74, 6) is 0. The second-order valence-electron chi connectivity index (χ2n) is 0. The van der Waals surface area contributed by atoms with E-state index in [1.54, 1.807) is 0 Å². The minimum atomic E-state index is 0. The molecule has 0 spiro atoms. The first kappa shape index (κ1) is 16.0. The Morgan fingerprint density at radius 3 is 1.20 bits per heavy atom. The zero-order valence-electron chi connectivity index (χ0n) is 2.04. The van der Waals surface area contributed by atoms with Gasteiger partial charge in [-0.25, -0.2) is 0 Å². The van der Waals surface area contributed by atoms with Gasteiger partial charge in [-0.2, -0.15) is 0 Å². The second-order valence-corrected chi connectivity index (χ2v) is 0. The van der Waals surface area contributed by atoms with Gasteiger partial charge in [0.1, 0.15) is 0 Å². The molecule has 0 aromatic carbocycles. The van der Waals surface area contributed by atoms with Gasteiger partial charge in [0.05, 0.1) is 0 Å². The van der Waals surface area contributed by atoms with Crippen molar-refractivity contribution in [3.8, 4) is 0 Å². The normalized spacial score (nSPS) is 1.60. The van der Waals surface area contributed by atoms with Crippen LogP contribution in [0.4, 0.5) is 0 Å². The van der Waals surface area contributed by atoms with E-state index in [0.717, 1.165) is 0 Å². The van der Waals surface area contributed by atoms with Gasteiger partial charge in [-0.15, -0.1) is 0 Å². The van der Waals surface area contributed by atoms with Crippen LogP contribution in [0.25, 0.3) is 0 Å². The Kier molecular flexibility index (Phi) is 150. The summed E-state index contributed by atoms with van der Waals surface area (Å²) in [6.45, 7) is 0. The Morgan fingerprint density at radius 1 is 1.20 bits per heavy atom. The molecule has 0 amide bonds. The van der Waals surface area contributed by atoms with Crippen LogP contribution < -0.4 is 0 Å². The molecule has 5 heteroatoms. The molecule has 0 saturated heterocycles. The molecule has 0 rings (SSSR count). The molecule has 32 valence electrons. The molecule has 0 aromatic heterocycles. The van der Waals surface area contributed by atoms with Crippen LogP contribution in [0.5, 0.6) is 0 Å². The van der Waals surface area contributed by atoms with Crippen LogP contribution in [-0.2, 0) is 42.7 Å². The zero-order valence-corrected chi connectivity index (χ0v) is 8.82. The van der Waals surface area contributed by atoms with E-state index < -0.39 is 0 Å². The van der Waals surface area contributed by atoms with Crippen molar-refractivity contribution in [2.75, 3.05) is 0 Å². The number of hydrogen-bond acceptors (Lipinski definition) is 2. The van der Waals surface area contributed by atoms with Crippen LogP contribution in [0.1, 0.15) is 0 Å². The number of rotatable bonds is 0. The van der Waals surface area contributed by atoms with E-state index >= 15 is 0 Å². The van der Waals surface area contributed by atoms with Gasteiger partial charge in [-0.3, -0.25) is 0 Å². The number of hydrogen-bond donors (Lipinski definition) is 0. The quantitative estimate of drug-likeness (QED) is 0.514. The fourth-order valence-corrected chi connectivity index (χ4v) is 0. The summed E-state index contributed by atoms with van der Waals surface area (Å²) in [5, 5.41) is 0. The third-order valence-electron chi connectivity index (χ3n) is 0. The Balaban J connectivity index is -0.0000000133. The molecule has 2 nitrogen and oxygen atoms in total. The van der Waals surface area contributed by atoms with Crippen LogP contribution in [0.15, 0.2) is 0 Å². The third kappa shape index (κ3) is 28.6. The van der Waals surface area contributed by atoms with Gasteiger partial charge in [-0.1, -0.05) is 0 Å². The summed E-state index contributed by atoms with van der Waals surface area (Å²) in [5.41, 5.74) is 0. The van der Waals surface area contributed by atoms with E-state index in [1.807, 2.05) is 0 Å². The van der Waals surface area contributed by atoms with Crippen molar-refractivity contribution in [3.63, 3.8) is 0 Å². The van der Waals surface area contributed by atoms with Gasteiger partial charge < -0.3 is 0 Å². The fourth-order valence-electron chi connectivity index (χ4n) is 0. The molecular weight excluding hydrogens is 393 g/mol. The van der Waals surface area contributed by atoms with Gasteiger partial charge in [-0.05, 0) is 0 Å². The third-order valence-corrected chi connectivity index (χ3v) is 0. The standard InChI is InChI=1S/Ni.2O.Sn.W. The first-order valence-electron chi connectivity index (χ1n) is 0.371. The first-order chi connectivity index (χ1) is 2.00. The van der Waals surface area contributed by atoms with E-state index in [9.17, 15) is 0 Å². The van der Waals surface area contributed by atoms with Crippen molar-refractivity contribution in [3.05, 3.63) is 0 Å². The van der Waals surface area contributed by atoms with Gasteiger partial charge in [0.25, 0.3) is 0 Å². The molecular formula is NiO2SnW. The molecule has 0 N–H and O–H groups in total. The van der Waals surface area contributed by atoms with Crippen molar-refractivity contribution in [2.45, 2.75) is 0 Å². The fraction of sp³-hybridized carbons (Fsp3) is 0. The van der Waals surface area contributed by atoms with Crippen molar-refractivity contribution in [2.24, 2.45) is 0 Å². The Hall–Kier alpha value is 1.58. The van der Waals surface area contributed by atoms with E-state index in [4.69, 9.17) is 6.47 Å². The topological polar surface area (TPSA) is 34.1 Å². The van der Waals surface area contributed by atoms with E-state index in [-0.39, 0.29) is 16.5 Å². The molecule has 0 aliphatic heterocycles. The summed E-state index contributed by atoms with van der Waals surface area (Å²) < 4.78 is 16.7. The van der Waals surface area contributed by atoms with Crippen LogP contribution in [0.3, 0.4) is 0 Å². The summed E-state index contributed by atoms with van der Waals surface area (Å²) in [7, 11) is 0. The Labute approximate surface area is 64.7 Å². The summed E-state index contributed by atoms with van der Waals surface area (Å²) in [6, 6.07) is 0. The van der Waals surface area contributed by atoms with Crippen LogP contribution in [0.2, 0.25) is 0 Å². The van der Waals surface area contributed by atoms with Gasteiger partial charge in [0, 0.05) is 16.5 Å². The zero-order chi connectivity index (χ0) is 4.00. The van der Waals surface area contributed by atoms with Crippen molar-refractivity contribution in [1.82, 2.24) is 0 Å². The predicted octanol–water partition coefficient (Wildman–Crippen LogP) is -0.623. The molecule has 0 fully saturated rings. The van der Waals surface area contributed by atoms with E-state index in [2.05, 4.69) is 0 Å². The summed E-state index contributed by atoms with van der Waals surface area (Å²) in [4.78, 5) is 0. The van der Waals surface area contributed by atoms with Gasteiger partial charge >= 0.3 is 48.8 Å².